The predicted octanol–water partition coefficient (Wildman–Crippen LogP) is 2.81. The maximum absolute atomic E-state index is 13.3. The van der Waals surface area contributed by atoms with E-state index in [1.54, 1.807) is 7.05 Å². The average molecular weight is 272 g/mol. The van der Waals surface area contributed by atoms with E-state index in [1.807, 2.05) is 0 Å². The molecule has 0 aliphatic carbocycles. The summed E-state index contributed by atoms with van der Waals surface area (Å²) >= 11 is 0. The third-order valence-electron chi connectivity index (χ3n) is 2.48. The van der Waals surface area contributed by atoms with Gasteiger partial charge in [0.15, 0.2) is 0 Å². The number of nitrogens with zero attached hydrogens (tertiary/aromatic N) is 2. The minimum absolute atomic E-state index is 0.0432. The summed E-state index contributed by atoms with van der Waals surface area (Å²) in [6.45, 7) is 0. The van der Waals surface area contributed by atoms with Gasteiger partial charge in [0, 0.05) is 18.8 Å². The van der Waals surface area contributed by atoms with Crippen molar-refractivity contribution in [2.24, 2.45) is 7.05 Å². The second-order valence-corrected chi connectivity index (χ2v) is 3.90. The third kappa shape index (κ3) is 2.64. The van der Waals surface area contributed by atoms with Crippen LogP contribution < -0.4 is 0 Å². The minimum atomic E-state index is -4.78. The molecule has 0 bridgehead atoms. The van der Waals surface area contributed by atoms with Gasteiger partial charge in [0.25, 0.3) is 0 Å². The van der Waals surface area contributed by atoms with E-state index in [1.165, 1.54) is 16.9 Å². The topological polar surface area (TPSA) is 34.9 Å². The molecule has 19 heavy (non-hydrogen) atoms. The fraction of sp³-hybridized carbons (Fsp3) is 0.167. The Morgan fingerprint density at radius 2 is 1.95 bits per heavy atom. The van der Waals surface area contributed by atoms with Gasteiger partial charge in [0.1, 0.15) is 11.5 Å². The first-order valence-electron chi connectivity index (χ1n) is 5.20. The van der Waals surface area contributed by atoms with E-state index in [9.17, 15) is 22.4 Å². The molecule has 3 nitrogen and oxygen atoms in total. The van der Waals surface area contributed by atoms with Gasteiger partial charge in [-0.2, -0.15) is 18.3 Å². The fourth-order valence-electron chi connectivity index (χ4n) is 1.57. The van der Waals surface area contributed by atoms with Crippen molar-refractivity contribution in [3.63, 3.8) is 0 Å². The van der Waals surface area contributed by atoms with Crippen molar-refractivity contribution in [2.45, 2.75) is 6.18 Å². The Labute approximate surface area is 105 Å². The van der Waals surface area contributed by atoms with Gasteiger partial charge in [0.2, 0.25) is 5.78 Å². The number of carbonyl (C=O) groups is 1. The van der Waals surface area contributed by atoms with Gasteiger partial charge in [-0.15, -0.1) is 0 Å². The first-order chi connectivity index (χ1) is 8.79. The molecule has 0 spiro atoms. The van der Waals surface area contributed by atoms with Crippen molar-refractivity contribution in [3.8, 4) is 0 Å². The molecule has 7 heteroatoms. The van der Waals surface area contributed by atoms with E-state index >= 15 is 0 Å². The van der Waals surface area contributed by atoms with Crippen LogP contribution in [-0.2, 0) is 13.2 Å². The standard InChI is InChI=1S/C12H8F4N2O/c1-18-5-4-10(17-18)11(19)7-2-3-8(9(13)6-7)12(14,15)16/h2-6H,1H3. The first kappa shape index (κ1) is 13.3. The number of benzene rings is 1. The number of hydrogen-bond donors (Lipinski definition) is 0. The van der Waals surface area contributed by atoms with Gasteiger partial charge < -0.3 is 0 Å². The second-order valence-electron chi connectivity index (χ2n) is 3.90. The molecule has 1 aromatic carbocycles. The zero-order chi connectivity index (χ0) is 14.2. The Kier molecular flexibility index (Phi) is 3.13. The molecule has 2 aromatic rings. The van der Waals surface area contributed by atoms with Crippen LogP contribution in [0.3, 0.4) is 0 Å². The lowest BCUT2D eigenvalue weighted by atomic mass is 10.1. The SMILES string of the molecule is Cn1ccc(C(=O)c2ccc(C(F)(F)F)c(F)c2)n1. The highest BCUT2D eigenvalue weighted by molar-refractivity contribution is 6.07. The molecule has 2 rings (SSSR count). The van der Waals surface area contributed by atoms with Crippen LogP contribution in [0.5, 0.6) is 0 Å². The third-order valence-corrected chi connectivity index (χ3v) is 2.48. The first-order valence-corrected chi connectivity index (χ1v) is 5.20. The number of ketones is 1. The number of carbonyl (C=O) groups excluding carboxylic acids is 1. The molecule has 0 N–H and O–H groups in total. The van der Waals surface area contributed by atoms with Crippen LogP contribution in [0.1, 0.15) is 21.6 Å². The van der Waals surface area contributed by atoms with Crippen LogP contribution in [0.15, 0.2) is 30.5 Å². The number of aromatic nitrogens is 2. The molecule has 1 aromatic heterocycles. The molecular weight excluding hydrogens is 264 g/mol. The molecule has 0 aliphatic heterocycles. The maximum Gasteiger partial charge on any atom is 0.419 e. The smallest absolute Gasteiger partial charge is 0.287 e. The van der Waals surface area contributed by atoms with E-state index in [2.05, 4.69) is 5.10 Å². The van der Waals surface area contributed by atoms with Crippen molar-refractivity contribution >= 4 is 5.78 Å². The van der Waals surface area contributed by atoms with Gasteiger partial charge in [0.05, 0.1) is 5.56 Å². The molecule has 1 heterocycles. The number of halogens is 4. The minimum Gasteiger partial charge on any atom is -0.287 e. The highest BCUT2D eigenvalue weighted by Gasteiger charge is 2.34. The number of hydrogen-bond acceptors (Lipinski definition) is 2. The summed E-state index contributed by atoms with van der Waals surface area (Å²) in [6.07, 6.45) is -3.27. The largest absolute Gasteiger partial charge is 0.419 e. The Morgan fingerprint density at radius 1 is 1.26 bits per heavy atom. The molecule has 0 saturated heterocycles. The quantitative estimate of drug-likeness (QED) is 0.622. The van der Waals surface area contributed by atoms with Crippen LogP contribution in [-0.4, -0.2) is 15.6 Å². The van der Waals surface area contributed by atoms with Crippen LogP contribution in [0.4, 0.5) is 17.6 Å². The molecule has 0 unspecified atom stereocenters. The van der Waals surface area contributed by atoms with Crippen LogP contribution in [0.25, 0.3) is 0 Å². The highest BCUT2D eigenvalue weighted by atomic mass is 19.4. The Morgan fingerprint density at radius 3 is 2.42 bits per heavy atom. The maximum atomic E-state index is 13.3. The molecule has 0 amide bonds. The van der Waals surface area contributed by atoms with Gasteiger partial charge in [-0.25, -0.2) is 4.39 Å². The Balaban J connectivity index is 2.38. The molecule has 0 aliphatic rings. The summed E-state index contributed by atoms with van der Waals surface area (Å²) in [7, 11) is 1.59. The van der Waals surface area contributed by atoms with Crippen molar-refractivity contribution in [2.75, 3.05) is 0 Å². The van der Waals surface area contributed by atoms with Crippen molar-refractivity contribution < 1.29 is 22.4 Å². The summed E-state index contributed by atoms with van der Waals surface area (Å²) in [5.41, 5.74) is -1.53. The monoisotopic (exact) mass is 272 g/mol. The van der Waals surface area contributed by atoms with Gasteiger partial charge in [-0.3, -0.25) is 9.48 Å². The zero-order valence-electron chi connectivity index (χ0n) is 9.70. The number of aryl methyl sites for hydroxylation is 1. The second kappa shape index (κ2) is 4.49. The Bertz CT molecular complexity index is 631. The fourth-order valence-corrected chi connectivity index (χ4v) is 1.57. The lowest BCUT2D eigenvalue weighted by molar-refractivity contribution is -0.140. The molecule has 0 radical (unpaired) electrons. The van der Waals surface area contributed by atoms with Crippen molar-refractivity contribution in [1.82, 2.24) is 9.78 Å². The van der Waals surface area contributed by atoms with Crippen LogP contribution in [0.2, 0.25) is 0 Å². The lowest BCUT2D eigenvalue weighted by Gasteiger charge is -2.08. The number of alkyl halides is 3. The summed E-state index contributed by atoms with van der Waals surface area (Å²) in [4.78, 5) is 11.8. The van der Waals surface area contributed by atoms with Crippen LogP contribution in [0, 0.1) is 5.82 Å². The van der Waals surface area contributed by atoms with Gasteiger partial charge >= 0.3 is 6.18 Å². The lowest BCUT2D eigenvalue weighted by Crippen LogP contribution is -2.10. The number of rotatable bonds is 2. The van der Waals surface area contributed by atoms with E-state index in [0.717, 1.165) is 6.07 Å². The van der Waals surface area contributed by atoms with E-state index in [0.29, 0.717) is 12.1 Å². The summed E-state index contributed by atoms with van der Waals surface area (Å²) < 4.78 is 51.8. The Hall–Kier alpha value is -2.18. The molecule has 0 atom stereocenters. The van der Waals surface area contributed by atoms with Gasteiger partial charge in [-0.05, 0) is 18.2 Å². The highest BCUT2D eigenvalue weighted by Crippen LogP contribution is 2.31. The van der Waals surface area contributed by atoms with Crippen LogP contribution >= 0.6 is 0 Å². The summed E-state index contributed by atoms with van der Waals surface area (Å²) in [6, 6.07) is 3.45. The normalized spacial score (nSPS) is 11.6. The van der Waals surface area contributed by atoms with E-state index in [-0.39, 0.29) is 11.3 Å². The molecule has 100 valence electrons. The predicted molar refractivity (Wildman–Crippen MR) is 58.0 cm³/mol. The molecule has 0 fully saturated rings. The van der Waals surface area contributed by atoms with E-state index in [4.69, 9.17) is 0 Å². The van der Waals surface area contributed by atoms with Crippen molar-refractivity contribution in [3.05, 3.63) is 53.1 Å². The molecule has 0 saturated carbocycles. The average Bonchev–Trinajstić information content (AvgIpc) is 2.73. The summed E-state index contributed by atoms with van der Waals surface area (Å²) in [5.74, 6) is -2.11. The van der Waals surface area contributed by atoms with E-state index < -0.39 is 23.3 Å². The summed E-state index contributed by atoms with van der Waals surface area (Å²) in [5, 5.41) is 3.81. The zero-order valence-corrected chi connectivity index (χ0v) is 9.70. The van der Waals surface area contributed by atoms with Gasteiger partial charge in [-0.1, -0.05) is 6.07 Å². The molecular formula is C12H8F4N2O. The van der Waals surface area contributed by atoms with Crippen molar-refractivity contribution in [1.29, 1.82) is 0 Å².